The van der Waals surface area contributed by atoms with Gasteiger partial charge in [-0.3, -0.25) is 13.9 Å². The van der Waals surface area contributed by atoms with E-state index in [0.29, 0.717) is 34.3 Å². The summed E-state index contributed by atoms with van der Waals surface area (Å²) >= 11 is 12.8. The fraction of sp³-hybridized carbons (Fsp3) is 0.462. The smallest absolute Gasteiger partial charge is 0.244 e. The highest BCUT2D eigenvalue weighted by molar-refractivity contribution is 7.92. The first kappa shape index (κ1) is 29.9. The van der Waals surface area contributed by atoms with Crippen molar-refractivity contribution in [2.24, 2.45) is 5.92 Å². The number of hydrogen-bond donors (Lipinski definition) is 1. The van der Waals surface area contributed by atoms with Crippen LogP contribution in [0.4, 0.5) is 5.69 Å². The highest BCUT2D eigenvalue weighted by atomic mass is 35.5. The van der Waals surface area contributed by atoms with E-state index < -0.39 is 28.5 Å². The first-order chi connectivity index (χ1) is 16.8. The van der Waals surface area contributed by atoms with E-state index in [0.717, 1.165) is 21.7 Å². The van der Waals surface area contributed by atoms with Crippen LogP contribution in [0.15, 0.2) is 36.4 Å². The number of anilines is 1. The third-order valence-electron chi connectivity index (χ3n) is 5.92. The molecule has 0 unspecified atom stereocenters. The first-order valence-corrected chi connectivity index (χ1v) is 14.4. The van der Waals surface area contributed by atoms with E-state index in [1.165, 1.54) is 4.90 Å². The van der Waals surface area contributed by atoms with Gasteiger partial charge in [0.15, 0.2) is 0 Å². The molecule has 0 aromatic heterocycles. The van der Waals surface area contributed by atoms with Gasteiger partial charge in [-0.1, -0.05) is 56.1 Å². The summed E-state index contributed by atoms with van der Waals surface area (Å²) in [4.78, 5) is 28.2. The van der Waals surface area contributed by atoms with Crippen LogP contribution in [0.5, 0.6) is 0 Å². The molecule has 2 aromatic carbocycles. The Hall–Kier alpha value is -2.29. The molecular weight excluding hydrogens is 521 g/mol. The van der Waals surface area contributed by atoms with Crippen molar-refractivity contribution in [3.63, 3.8) is 0 Å². The average molecular weight is 557 g/mol. The number of rotatable bonds is 11. The molecule has 2 aromatic rings. The summed E-state index contributed by atoms with van der Waals surface area (Å²) < 4.78 is 26.5. The molecule has 0 aliphatic carbocycles. The molecule has 0 aliphatic heterocycles. The van der Waals surface area contributed by atoms with Crippen molar-refractivity contribution in [1.82, 2.24) is 10.2 Å². The van der Waals surface area contributed by atoms with Crippen molar-refractivity contribution in [3.8, 4) is 0 Å². The maximum atomic E-state index is 13.7. The first-order valence-electron chi connectivity index (χ1n) is 11.8. The molecule has 0 aliphatic rings. The molecule has 0 bridgehead atoms. The van der Waals surface area contributed by atoms with Crippen LogP contribution < -0.4 is 9.62 Å². The number of benzene rings is 2. The second-order valence-corrected chi connectivity index (χ2v) is 12.0. The Morgan fingerprint density at radius 3 is 2.14 bits per heavy atom. The molecule has 0 radical (unpaired) electrons. The van der Waals surface area contributed by atoms with Gasteiger partial charge in [0.05, 0.1) is 11.9 Å². The van der Waals surface area contributed by atoms with Gasteiger partial charge in [-0.05, 0) is 61.6 Å². The number of aryl methyl sites for hydroxylation is 2. The molecule has 0 saturated carbocycles. The Bertz CT molecular complexity index is 1180. The fourth-order valence-corrected chi connectivity index (χ4v) is 5.05. The number of amides is 2. The Balaban J connectivity index is 2.50. The molecule has 198 valence electrons. The van der Waals surface area contributed by atoms with Crippen LogP contribution in [0.1, 0.15) is 43.9 Å². The van der Waals surface area contributed by atoms with Crippen molar-refractivity contribution >= 4 is 50.7 Å². The monoisotopic (exact) mass is 555 g/mol. The highest BCUT2D eigenvalue weighted by Gasteiger charge is 2.32. The minimum atomic E-state index is -3.81. The predicted octanol–water partition coefficient (Wildman–Crippen LogP) is 4.96. The van der Waals surface area contributed by atoms with Crippen LogP contribution >= 0.6 is 23.2 Å². The lowest BCUT2D eigenvalue weighted by molar-refractivity contribution is -0.140. The Morgan fingerprint density at radius 1 is 1.03 bits per heavy atom. The maximum Gasteiger partial charge on any atom is 0.244 e. The lowest BCUT2D eigenvalue weighted by atomic mass is 10.1. The van der Waals surface area contributed by atoms with Crippen LogP contribution in [-0.4, -0.2) is 50.5 Å². The van der Waals surface area contributed by atoms with Gasteiger partial charge in [-0.15, -0.1) is 0 Å². The van der Waals surface area contributed by atoms with E-state index in [-0.39, 0.29) is 18.4 Å². The van der Waals surface area contributed by atoms with Crippen LogP contribution in [0, 0.1) is 19.8 Å². The summed E-state index contributed by atoms with van der Waals surface area (Å²) in [5.74, 6) is -0.639. The van der Waals surface area contributed by atoms with Crippen LogP contribution in [0.25, 0.3) is 0 Å². The lowest BCUT2D eigenvalue weighted by Gasteiger charge is -2.33. The van der Waals surface area contributed by atoms with Gasteiger partial charge in [-0.2, -0.15) is 0 Å². The maximum absolute atomic E-state index is 13.7. The number of carbonyl (C=O) groups is 2. The van der Waals surface area contributed by atoms with Gasteiger partial charge in [0.1, 0.15) is 12.6 Å². The van der Waals surface area contributed by atoms with E-state index in [9.17, 15) is 18.0 Å². The van der Waals surface area contributed by atoms with Crippen molar-refractivity contribution in [1.29, 1.82) is 0 Å². The molecule has 2 rings (SSSR count). The molecular formula is C26H35Cl2N3O4S. The van der Waals surface area contributed by atoms with E-state index in [2.05, 4.69) is 5.32 Å². The second kappa shape index (κ2) is 12.8. The topological polar surface area (TPSA) is 86.8 Å². The summed E-state index contributed by atoms with van der Waals surface area (Å²) in [5, 5.41) is 3.59. The van der Waals surface area contributed by atoms with E-state index in [4.69, 9.17) is 23.2 Å². The molecule has 10 heteroatoms. The number of carbonyl (C=O) groups excluding carboxylic acids is 2. The average Bonchev–Trinajstić information content (AvgIpc) is 2.78. The fourth-order valence-electron chi connectivity index (χ4n) is 3.69. The quantitative estimate of drug-likeness (QED) is 0.424. The van der Waals surface area contributed by atoms with Crippen molar-refractivity contribution in [2.45, 2.75) is 53.6 Å². The molecule has 0 heterocycles. The number of nitrogens with one attached hydrogen (secondary N) is 1. The van der Waals surface area contributed by atoms with Crippen molar-refractivity contribution < 1.29 is 18.0 Å². The normalized spacial score (nSPS) is 12.4. The minimum Gasteiger partial charge on any atom is -0.354 e. The molecule has 0 spiro atoms. The SMILES string of the molecule is CC[C@@H](C(=O)NCC(C)C)N(Cc1c(Cl)cccc1Cl)C(=O)CN(c1ccc(C)c(C)c1)S(C)(=O)=O. The molecule has 1 atom stereocenters. The molecule has 0 saturated heterocycles. The second-order valence-electron chi connectivity index (χ2n) is 9.32. The van der Waals surface area contributed by atoms with Gasteiger partial charge in [-0.25, -0.2) is 8.42 Å². The van der Waals surface area contributed by atoms with Gasteiger partial charge in [0, 0.05) is 28.7 Å². The zero-order valence-electron chi connectivity index (χ0n) is 21.6. The predicted molar refractivity (Wildman–Crippen MR) is 147 cm³/mol. The Morgan fingerprint density at radius 2 is 1.64 bits per heavy atom. The summed E-state index contributed by atoms with van der Waals surface area (Å²) in [6.07, 6.45) is 1.37. The van der Waals surface area contributed by atoms with Crippen LogP contribution in [0.2, 0.25) is 10.0 Å². The number of hydrogen-bond acceptors (Lipinski definition) is 4. The summed E-state index contributed by atoms with van der Waals surface area (Å²) in [6.45, 7) is 9.47. The zero-order chi connectivity index (χ0) is 27.2. The number of halogens is 2. The molecule has 0 fully saturated rings. The Labute approximate surface area is 224 Å². The number of nitrogens with zero attached hydrogens (tertiary/aromatic N) is 2. The van der Waals surface area contributed by atoms with Crippen molar-refractivity contribution in [3.05, 3.63) is 63.1 Å². The Kier molecular flexibility index (Phi) is 10.6. The minimum absolute atomic E-state index is 0.0462. The van der Waals surface area contributed by atoms with Gasteiger partial charge < -0.3 is 10.2 Å². The van der Waals surface area contributed by atoms with E-state index >= 15 is 0 Å². The summed E-state index contributed by atoms with van der Waals surface area (Å²) in [7, 11) is -3.81. The largest absolute Gasteiger partial charge is 0.354 e. The van der Waals surface area contributed by atoms with Gasteiger partial charge in [0.25, 0.3) is 0 Å². The van der Waals surface area contributed by atoms with E-state index in [1.807, 2.05) is 33.8 Å². The highest BCUT2D eigenvalue weighted by Crippen LogP contribution is 2.28. The van der Waals surface area contributed by atoms with Gasteiger partial charge >= 0.3 is 0 Å². The third-order valence-corrected chi connectivity index (χ3v) is 7.77. The lowest BCUT2D eigenvalue weighted by Crippen LogP contribution is -2.52. The molecule has 7 nitrogen and oxygen atoms in total. The summed E-state index contributed by atoms with van der Waals surface area (Å²) in [5.41, 5.74) is 2.76. The zero-order valence-corrected chi connectivity index (χ0v) is 24.0. The van der Waals surface area contributed by atoms with Crippen LogP contribution in [-0.2, 0) is 26.2 Å². The van der Waals surface area contributed by atoms with E-state index in [1.54, 1.807) is 37.3 Å². The summed E-state index contributed by atoms with van der Waals surface area (Å²) in [6, 6.07) is 9.36. The van der Waals surface area contributed by atoms with Gasteiger partial charge in [0.2, 0.25) is 21.8 Å². The standard InChI is InChI=1S/C26H35Cl2N3O4S/c1-7-24(26(33)29-14-17(2)3)30(15-21-22(27)9-8-10-23(21)28)25(32)16-31(36(6,34)35)20-12-11-18(4)19(5)13-20/h8-13,17,24H,7,14-16H2,1-6H3,(H,29,33)/t24-/m0/s1. The van der Waals surface area contributed by atoms with Crippen LogP contribution in [0.3, 0.4) is 0 Å². The third kappa shape index (κ3) is 7.85. The molecule has 2 amide bonds. The molecule has 1 N–H and O–H groups in total. The van der Waals surface area contributed by atoms with Crippen molar-refractivity contribution in [2.75, 3.05) is 23.7 Å². The number of sulfonamides is 1. The molecule has 36 heavy (non-hydrogen) atoms.